The minimum atomic E-state index is 0.546. The van der Waals surface area contributed by atoms with Crippen LogP contribution in [0.5, 0.6) is 0 Å². The molecule has 0 unspecified atom stereocenters. The van der Waals surface area contributed by atoms with E-state index in [-0.39, 0.29) is 0 Å². The first-order valence-corrected chi connectivity index (χ1v) is 8.08. The lowest BCUT2D eigenvalue weighted by atomic mass is 9.71. The van der Waals surface area contributed by atoms with Crippen molar-refractivity contribution in [2.75, 3.05) is 26.2 Å². The van der Waals surface area contributed by atoms with Crippen LogP contribution in [-0.4, -0.2) is 42.0 Å². The van der Waals surface area contributed by atoms with Crippen molar-refractivity contribution in [1.82, 2.24) is 9.80 Å². The maximum Gasteiger partial charge on any atom is 0.0446 e. The molecule has 2 aliphatic rings. The number of likely N-dealkylation sites (tertiary alicyclic amines) is 2. The summed E-state index contributed by atoms with van der Waals surface area (Å²) < 4.78 is 0. The van der Waals surface area contributed by atoms with Gasteiger partial charge in [0.1, 0.15) is 0 Å². The number of piperidine rings is 1. The fourth-order valence-electron chi connectivity index (χ4n) is 3.89. The second kappa shape index (κ2) is 5.87. The molecule has 0 amide bonds. The molecule has 0 spiro atoms. The zero-order valence-electron chi connectivity index (χ0n) is 13.4. The summed E-state index contributed by atoms with van der Waals surface area (Å²) >= 11 is 0. The average molecular weight is 264 g/mol. The van der Waals surface area contributed by atoms with Gasteiger partial charge in [0.2, 0.25) is 0 Å². The van der Waals surface area contributed by atoms with Crippen LogP contribution < -0.4 is 0 Å². The number of allylic oxidation sites excluding steroid dienone is 1. The Morgan fingerprint density at radius 2 is 1.79 bits per heavy atom. The molecule has 2 rings (SSSR count). The van der Waals surface area contributed by atoms with Gasteiger partial charge in [0.15, 0.2) is 0 Å². The predicted molar refractivity (Wildman–Crippen MR) is 83.2 cm³/mol. The molecule has 2 fully saturated rings. The van der Waals surface area contributed by atoms with Crippen molar-refractivity contribution in [3.8, 4) is 0 Å². The van der Waals surface area contributed by atoms with Gasteiger partial charge in [0, 0.05) is 24.8 Å². The van der Waals surface area contributed by atoms with Gasteiger partial charge >= 0.3 is 0 Å². The monoisotopic (exact) mass is 264 g/mol. The Kier molecular flexibility index (Phi) is 4.60. The summed E-state index contributed by atoms with van der Waals surface area (Å²) in [4.78, 5) is 5.12. The van der Waals surface area contributed by atoms with E-state index in [9.17, 15) is 0 Å². The molecule has 0 saturated carbocycles. The molecule has 2 heteroatoms. The van der Waals surface area contributed by atoms with Crippen molar-refractivity contribution < 1.29 is 0 Å². The number of rotatable bonds is 5. The van der Waals surface area contributed by atoms with E-state index in [0.29, 0.717) is 5.41 Å². The van der Waals surface area contributed by atoms with Crippen molar-refractivity contribution in [2.45, 2.75) is 59.4 Å². The van der Waals surface area contributed by atoms with Crippen LogP contribution in [-0.2, 0) is 0 Å². The largest absolute Gasteiger partial charge is 0.372 e. The highest BCUT2D eigenvalue weighted by atomic mass is 15.3. The lowest BCUT2D eigenvalue weighted by molar-refractivity contribution is 0.0124. The maximum atomic E-state index is 4.03. The van der Waals surface area contributed by atoms with E-state index >= 15 is 0 Å². The molecule has 19 heavy (non-hydrogen) atoms. The van der Waals surface area contributed by atoms with E-state index in [2.05, 4.69) is 44.1 Å². The van der Waals surface area contributed by atoms with E-state index in [0.717, 1.165) is 12.0 Å². The Labute approximate surface area is 119 Å². The molecule has 2 heterocycles. The van der Waals surface area contributed by atoms with Gasteiger partial charge in [0.25, 0.3) is 0 Å². The lowest BCUT2D eigenvalue weighted by Gasteiger charge is -2.50. The van der Waals surface area contributed by atoms with Gasteiger partial charge in [0.05, 0.1) is 0 Å². The predicted octanol–water partition coefficient (Wildman–Crippen LogP) is 3.74. The Hall–Kier alpha value is -0.500. The summed E-state index contributed by atoms with van der Waals surface area (Å²) in [6, 6.07) is 0.798. The third kappa shape index (κ3) is 3.34. The Bertz CT molecular complexity index is 307. The average Bonchev–Trinajstić information content (AvgIpc) is 2.27. The third-order valence-corrected chi connectivity index (χ3v) is 5.45. The fraction of sp³-hybridized carbons (Fsp3) is 0.882. The normalized spacial score (nSPS) is 23.5. The van der Waals surface area contributed by atoms with Crippen LogP contribution in [0.4, 0.5) is 0 Å². The van der Waals surface area contributed by atoms with E-state index in [4.69, 9.17) is 0 Å². The number of hydrogen-bond acceptors (Lipinski definition) is 2. The standard InChI is InChI=1S/C17H32N2/c1-6-9-17(4,5)15-7-10-18(11-8-15)16-12-19(13-16)14(2)3/h15-16H,2,6-13H2,1,3-5H3. The molecule has 0 aromatic heterocycles. The van der Waals surface area contributed by atoms with Crippen LogP contribution >= 0.6 is 0 Å². The van der Waals surface area contributed by atoms with Crippen LogP contribution in [0.2, 0.25) is 0 Å². The summed E-state index contributed by atoms with van der Waals surface area (Å²) in [6.07, 6.45) is 5.50. The molecule has 2 aliphatic heterocycles. The van der Waals surface area contributed by atoms with Gasteiger partial charge in [-0.1, -0.05) is 33.8 Å². The zero-order valence-corrected chi connectivity index (χ0v) is 13.4. The Morgan fingerprint density at radius 3 is 2.26 bits per heavy atom. The lowest BCUT2D eigenvalue weighted by Crippen LogP contribution is -2.60. The van der Waals surface area contributed by atoms with Crippen molar-refractivity contribution in [1.29, 1.82) is 0 Å². The van der Waals surface area contributed by atoms with Crippen LogP contribution in [0.3, 0.4) is 0 Å². The van der Waals surface area contributed by atoms with Gasteiger partial charge in [-0.2, -0.15) is 0 Å². The first kappa shape index (κ1) is 14.9. The summed E-state index contributed by atoms with van der Waals surface area (Å²) in [5.41, 5.74) is 1.78. The topological polar surface area (TPSA) is 6.48 Å². The molecule has 110 valence electrons. The molecule has 0 aromatic carbocycles. The molecule has 2 nitrogen and oxygen atoms in total. The summed E-state index contributed by atoms with van der Waals surface area (Å²) in [5.74, 6) is 0.932. The molecule has 0 aliphatic carbocycles. The van der Waals surface area contributed by atoms with Crippen LogP contribution in [0.15, 0.2) is 12.3 Å². The van der Waals surface area contributed by atoms with Crippen molar-refractivity contribution in [3.63, 3.8) is 0 Å². The first-order chi connectivity index (χ1) is 8.94. The molecule has 0 N–H and O–H groups in total. The number of hydrogen-bond donors (Lipinski definition) is 0. The van der Waals surface area contributed by atoms with Gasteiger partial charge in [-0.15, -0.1) is 0 Å². The van der Waals surface area contributed by atoms with Crippen LogP contribution in [0, 0.1) is 11.3 Å². The SMILES string of the molecule is C=C(C)N1CC(N2CCC(C(C)(C)CCC)CC2)C1. The van der Waals surface area contributed by atoms with Crippen LogP contribution in [0.25, 0.3) is 0 Å². The van der Waals surface area contributed by atoms with Gasteiger partial charge in [-0.05, 0) is 50.6 Å². The molecule has 0 bridgehead atoms. The summed E-state index contributed by atoms with van der Waals surface area (Å²) in [6.45, 7) is 18.5. The zero-order chi connectivity index (χ0) is 14.0. The summed E-state index contributed by atoms with van der Waals surface area (Å²) in [7, 11) is 0. The van der Waals surface area contributed by atoms with Gasteiger partial charge in [-0.25, -0.2) is 0 Å². The van der Waals surface area contributed by atoms with E-state index in [1.165, 1.54) is 57.6 Å². The quantitative estimate of drug-likeness (QED) is 0.746. The molecule has 0 atom stereocenters. The molecule has 0 aromatic rings. The van der Waals surface area contributed by atoms with Crippen molar-refractivity contribution in [3.05, 3.63) is 12.3 Å². The third-order valence-electron chi connectivity index (χ3n) is 5.45. The molecular formula is C17H32N2. The van der Waals surface area contributed by atoms with E-state index in [1.807, 2.05) is 0 Å². The fourth-order valence-corrected chi connectivity index (χ4v) is 3.89. The van der Waals surface area contributed by atoms with E-state index in [1.54, 1.807) is 0 Å². The Morgan fingerprint density at radius 1 is 1.21 bits per heavy atom. The highest BCUT2D eigenvalue weighted by Gasteiger charge is 2.37. The molecular weight excluding hydrogens is 232 g/mol. The molecule has 2 saturated heterocycles. The number of nitrogens with zero attached hydrogens (tertiary/aromatic N) is 2. The van der Waals surface area contributed by atoms with Crippen molar-refractivity contribution in [2.24, 2.45) is 11.3 Å². The van der Waals surface area contributed by atoms with E-state index < -0.39 is 0 Å². The van der Waals surface area contributed by atoms with Gasteiger partial charge < -0.3 is 4.90 Å². The summed E-state index contributed by atoms with van der Waals surface area (Å²) in [5, 5.41) is 0. The second-order valence-corrected chi connectivity index (χ2v) is 7.34. The maximum absolute atomic E-state index is 4.03. The minimum absolute atomic E-state index is 0.546. The minimum Gasteiger partial charge on any atom is -0.372 e. The molecule has 0 radical (unpaired) electrons. The highest BCUT2D eigenvalue weighted by molar-refractivity contribution is 5.01. The van der Waals surface area contributed by atoms with Crippen LogP contribution in [0.1, 0.15) is 53.4 Å². The smallest absolute Gasteiger partial charge is 0.0446 e. The first-order valence-electron chi connectivity index (χ1n) is 8.08. The van der Waals surface area contributed by atoms with Gasteiger partial charge in [-0.3, -0.25) is 4.90 Å². The Balaban J connectivity index is 1.76. The highest BCUT2D eigenvalue weighted by Crippen LogP contribution is 2.39. The van der Waals surface area contributed by atoms with Crippen molar-refractivity contribution >= 4 is 0 Å². The second-order valence-electron chi connectivity index (χ2n) is 7.34.